The Bertz CT molecular complexity index is 818. The Morgan fingerprint density at radius 2 is 1.80 bits per heavy atom. The Kier molecular flexibility index (Phi) is 5.82. The van der Waals surface area contributed by atoms with Gasteiger partial charge in [0.05, 0.1) is 10.7 Å². The Hall–Kier alpha value is -2.80. The average Bonchev–Trinajstić information content (AvgIpc) is 2.49. The number of carbonyl (C=O) groups excluding carboxylic acids is 2. The van der Waals surface area contributed by atoms with E-state index in [0.717, 1.165) is 17.6 Å². The lowest BCUT2D eigenvalue weighted by Gasteiger charge is -2.13. The van der Waals surface area contributed by atoms with Crippen LogP contribution in [0.5, 0.6) is 0 Å². The SMILES string of the molecule is CC(=O)Nc1ccc(NC(=O)C(C=N)c2nc(C)cc(C)n2)cc1Cl. The highest BCUT2D eigenvalue weighted by Gasteiger charge is 2.22. The zero-order valence-electron chi connectivity index (χ0n) is 14.1. The van der Waals surface area contributed by atoms with Gasteiger partial charge in [0.2, 0.25) is 11.8 Å². The van der Waals surface area contributed by atoms with E-state index in [1.165, 1.54) is 13.0 Å². The van der Waals surface area contributed by atoms with Gasteiger partial charge in [-0.3, -0.25) is 9.59 Å². The summed E-state index contributed by atoms with van der Waals surface area (Å²) in [4.78, 5) is 32.0. The van der Waals surface area contributed by atoms with Crippen molar-refractivity contribution in [2.75, 3.05) is 10.6 Å². The van der Waals surface area contributed by atoms with Crippen LogP contribution in [0.1, 0.15) is 30.1 Å². The standard InChI is InChI=1S/C17H18ClN5O2/c1-9-6-10(2)21-16(20-9)13(8-19)17(25)23-12-4-5-15(14(18)7-12)22-11(3)24/h4-8,13,19H,1-3H3,(H,22,24)(H,23,25). The fourth-order valence-electron chi connectivity index (χ4n) is 2.26. The van der Waals surface area contributed by atoms with E-state index in [1.807, 2.05) is 0 Å². The maximum Gasteiger partial charge on any atom is 0.240 e. The van der Waals surface area contributed by atoms with Crippen molar-refractivity contribution in [1.29, 1.82) is 5.41 Å². The summed E-state index contributed by atoms with van der Waals surface area (Å²) in [6.45, 7) is 4.99. The molecule has 0 saturated heterocycles. The van der Waals surface area contributed by atoms with Crippen LogP contribution in [0.4, 0.5) is 11.4 Å². The maximum atomic E-state index is 12.5. The Balaban J connectivity index is 2.20. The molecule has 0 aliphatic heterocycles. The van der Waals surface area contributed by atoms with E-state index < -0.39 is 11.8 Å². The van der Waals surface area contributed by atoms with Gasteiger partial charge >= 0.3 is 0 Å². The number of halogens is 1. The van der Waals surface area contributed by atoms with Crippen LogP contribution in [0.25, 0.3) is 0 Å². The number of benzene rings is 1. The molecule has 1 aromatic carbocycles. The molecule has 0 bridgehead atoms. The van der Waals surface area contributed by atoms with E-state index in [-0.39, 0.29) is 11.7 Å². The van der Waals surface area contributed by atoms with E-state index in [2.05, 4.69) is 20.6 Å². The molecule has 0 radical (unpaired) electrons. The van der Waals surface area contributed by atoms with E-state index >= 15 is 0 Å². The minimum Gasteiger partial charge on any atom is -0.325 e. The minimum atomic E-state index is -0.910. The van der Waals surface area contributed by atoms with Crippen LogP contribution < -0.4 is 10.6 Å². The van der Waals surface area contributed by atoms with Gasteiger partial charge in [-0.15, -0.1) is 0 Å². The zero-order valence-corrected chi connectivity index (χ0v) is 14.8. The monoisotopic (exact) mass is 359 g/mol. The summed E-state index contributed by atoms with van der Waals surface area (Å²) >= 11 is 6.09. The van der Waals surface area contributed by atoms with Crippen LogP contribution in [-0.2, 0) is 9.59 Å². The first-order chi connectivity index (χ1) is 11.8. The number of amides is 2. The number of anilines is 2. The smallest absolute Gasteiger partial charge is 0.240 e. The number of hydrogen-bond acceptors (Lipinski definition) is 5. The van der Waals surface area contributed by atoms with Crippen LogP contribution in [-0.4, -0.2) is 28.0 Å². The van der Waals surface area contributed by atoms with Crippen LogP contribution in [0, 0.1) is 19.3 Å². The lowest BCUT2D eigenvalue weighted by molar-refractivity contribution is -0.116. The summed E-state index contributed by atoms with van der Waals surface area (Å²) in [6, 6.07) is 6.52. The lowest BCUT2D eigenvalue weighted by Crippen LogP contribution is -2.24. The largest absolute Gasteiger partial charge is 0.325 e. The topological polar surface area (TPSA) is 108 Å². The third-order valence-corrected chi connectivity index (χ3v) is 3.59. The number of rotatable bonds is 5. The molecular weight excluding hydrogens is 342 g/mol. The fourth-order valence-corrected chi connectivity index (χ4v) is 2.49. The van der Waals surface area contributed by atoms with Crippen LogP contribution in [0.15, 0.2) is 24.3 Å². The number of carbonyl (C=O) groups is 2. The molecule has 25 heavy (non-hydrogen) atoms. The van der Waals surface area contributed by atoms with Crippen molar-refractivity contribution in [2.45, 2.75) is 26.7 Å². The van der Waals surface area contributed by atoms with Crippen molar-refractivity contribution in [3.63, 3.8) is 0 Å². The van der Waals surface area contributed by atoms with Gasteiger partial charge in [-0.25, -0.2) is 9.97 Å². The van der Waals surface area contributed by atoms with Crippen molar-refractivity contribution < 1.29 is 9.59 Å². The molecule has 130 valence electrons. The van der Waals surface area contributed by atoms with E-state index in [9.17, 15) is 9.59 Å². The van der Waals surface area contributed by atoms with Gasteiger partial charge in [-0.1, -0.05) is 11.6 Å². The van der Waals surface area contributed by atoms with Crippen molar-refractivity contribution in [2.24, 2.45) is 0 Å². The molecule has 1 atom stereocenters. The molecule has 8 heteroatoms. The lowest BCUT2D eigenvalue weighted by atomic mass is 10.1. The molecule has 1 aromatic heterocycles. The first kappa shape index (κ1) is 18.5. The molecule has 1 unspecified atom stereocenters. The van der Waals surface area contributed by atoms with Crippen LogP contribution >= 0.6 is 11.6 Å². The Morgan fingerprint density at radius 1 is 1.16 bits per heavy atom. The van der Waals surface area contributed by atoms with Gasteiger partial charge in [-0.05, 0) is 38.1 Å². The van der Waals surface area contributed by atoms with Crippen LogP contribution in [0.2, 0.25) is 5.02 Å². The van der Waals surface area contributed by atoms with Gasteiger partial charge in [0.15, 0.2) is 0 Å². The molecular formula is C17H18ClN5O2. The molecule has 3 N–H and O–H groups in total. The number of aromatic nitrogens is 2. The summed E-state index contributed by atoms with van der Waals surface area (Å²) < 4.78 is 0. The third-order valence-electron chi connectivity index (χ3n) is 3.27. The highest BCUT2D eigenvalue weighted by atomic mass is 35.5. The summed E-state index contributed by atoms with van der Waals surface area (Å²) in [5.74, 6) is -1.32. The highest BCUT2D eigenvalue weighted by Crippen LogP contribution is 2.26. The van der Waals surface area contributed by atoms with Crippen molar-refractivity contribution >= 4 is 41.0 Å². The summed E-state index contributed by atoms with van der Waals surface area (Å²) in [7, 11) is 0. The third kappa shape index (κ3) is 4.84. The van der Waals surface area contributed by atoms with Crippen LogP contribution in [0.3, 0.4) is 0 Å². The second-order valence-electron chi connectivity index (χ2n) is 5.52. The predicted octanol–water partition coefficient (Wildman–Crippen LogP) is 3.08. The summed E-state index contributed by atoms with van der Waals surface area (Å²) in [6.07, 6.45) is 0.997. The molecule has 1 heterocycles. The molecule has 2 aromatic rings. The minimum absolute atomic E-state index is 0.241. The number of nitrogens with one attached hydrogen (secondary N) is 3. The van der Waals surface area contributed by atoms with E-state index in [0.29, 0.717) is 16.4 Å². The van der Waals surface area contributed by atoms with Gasteiger partial charge in [0.1, 0.15) is 11.7 Å². The zero-order chi connectivity index (χ0) is 18.6. The van der Waals surface area contributed by atoms with Crippen molar-refractivity contribution in [3.8, 4) is 0 Å². The Morgan fingerprint density at radius 3 is 2.32 bits per heavy atom. The number of nitrogens with zero attached hydrogens (tertiary/aromatic N) is 2. The molecule has 0 aliphatic carbocycles. The molecule has 0 saturated carbocycles. The molecule has 7 nitrogen and oxygen atoms in total. The second kappa shape index (κ2) is 7.85. The Labute approximate surface area is 150 Å². The quantitative estimate of drug-likeness (QED) is 0.713. The van der Waals surface area contributed by atoms with Crippen molar-refractivity contribution in [1.82, 2.24) is 9.97 Å². The number of aryl methyl sites for hydroxylation is 2. The van der Waals surface area contributed by atoms with Gasteiger partial charge in [0.25, 0.3) is 0 Å². The normalized spacial score (nSPS) is 11.5. The van der Waals surface area contributed by atoms with Gasteiger partial charge in [0, 0.05) is 30.2 Å². The number of hydrogen-bond donors (Lipinski definition) is 3. The van der Waals surface area contributed by atoms with Gasteiger partial charge < -0.3 is 16.0 Å². The molecule has 0 spiro atoms. The van der Waals surface area contributed by atoms with E-state index in [4.69, 9.17) is 17.0 Å². The average molecular weight is 360 g/mol. The van der Waals surface area contributed by atoms with Crippen molar-refractivity contribution in [3.05, 3.63) is 46.5 Å². The summed E-state index contributed by atoms with van der Waals surface area (Å²) in [5.41, 5.74) is 2.35. The fraction of sp³-hybridized carbons (Fsp3) is 0.235. The molecule has 0 aliphatic rings. The first-order valence-electron chi connectivity index (χ1n) is 7.51. The highest BCUT2D eigenvalue weighted by molar-refractivity contribution is 6.34. The maximum absolute atomic E-state index is 12.5. The molecule has 2 rings (SSSR count). The second-order valence-corrected chi connectivity index (χ2v) is 5.93. The van der Waals surface area contributed by atoms with E-state index in [1.54, 1.807) is 32.0 Å². The van der Waals surface area contributed by atoms with Gasteiger partial charge in [-0.2, -0.15) is 0 Å². The molecule has 2 amide bonds. The first-order valence-corrected chi connectivity index (χ1v) is 7.88. The summed E-state index contributed by atoms with van der Waals surface area (Å²) in [5, 5.41) is 13.1. The molecule has 0 fully saturated rings. The predicted molar refractivity (Wildman–Crippen MR) is 97.4 cm³/mol.